The Kier molecular flexibility index (Phi) is 6.97. The number of amides is 2. The predicted octanol–water partition coefficient (Wildman–Crippen LogP) is 3.84. The maximum Gasteiger partial charge on any atom is 0.416 e. The SMILES string of the molecule is CN1CCN(C(=O)CCNC(=O)c2ccc3c(c2)nc(Nc2nc4ccc(C(F)(F)F)cc4s2)n3C)CC1. The van der Waals surface area contributed by atoms with E-state index in [4.69, 9.17) is 0 Å². The van der Waals surface area contributed by atoms with Crippen LogP contribution in [0.3, 0.4) is 0 Å². The van der Waals surface area contributed by atoms with Crippen molar-refractivity contribution in [1.29, 1.82) is 0 Å². The summed E-state index contributed by atoms with van der Waals surface area (Å²) < 4.78 is 41.3. The van der Waals surface area contributed by atoms with Gasteiger partial charge in [0.15, 0.2) is 5.13 Å². The summed E-state index contributed by atoms with van der Waals surface area (Å²) in [6.45, 7) is 3.32. The zero-order valence-electron chi connectivity index (χ0n) is 20.8. The second-order valence-corrected chi connectivity index (χ2v) is 10.2. The van der Waals surface area contributed by atoms with Gasteiger partial charge in [-0.1, -0.05) is 11.3 Å². The number of anilines is 2. The zero-order chi connectivity index (χ0) is 27.0. The first kappa shape index (κ1) is 25.9. The number of halogens is 3. The largest absolute Gasteiger partial charge is 0.416 e. The Morgan fingerprint density at radius 1 is 1.00 bits per heavy atom. The minimum absolute atomic E-state index is 0.0266. The molecule has 0 spiro atoms. The lowest BCUT2D eigenvalue weighted by Crippen LogP contribution is -2.47. The molecule has 200 valence electrons. The number of benzene rings is 2. The number of carbonyl (C=O) groups is 2. The molecule has 4 aromatic rings. The van der Waals surface area contributed by atoms with Gasteiger partial charge >= 0.3 is 6.18 Å². The van der Waals surface area contributed by atoms with Crippen LogP contribution in [0.5, 0.6) is 0 Å². The second kappa shape index (κ2) is 10.2. The highest BCUT2D eigenvalue weighted by molar-refractivity contribution is 7.22. The van der Waals surface area contributed by atoms with Gasteiger partial charge in [-0.05, 0) is 43.4 Å². The minimum Gasteiger partial charge on any atom is -0.352 e. The Hall–Kier alpha value is -3.71. The van der Waals surface area contributed by atoms with E-state index in [1.54, 1.807) is 29.8 Å². The molecular formula is C25H26F3N7O2S. The van der Waals surface area contributed by atoms with Gasteiger partial charge in [-0.3, -0.25) is 9.59 Å². The van der Waals surface area contributed by atoms with Crippen molar-refractivity contribution in [3.8, 4) is 0 Å². The number of piperazine rings is 1. The van der Waals surface area contributed by atoms with E-state index >= 15 is 0 Å². The van der Waals surface area contributed by atoms with E-state index < -0.39 is 11.7 Å². The first-order valence-corrected chi connectivity index (χ1v) is 12.9. The Balaban J connectivity index is 1.24. The van der Waals surface area contributed by atoms with Gasteiger partial charge < -0.3 is 25.0 Å². The molecular weight excluding hydrogens is 519 g/mol. The van der Waals surface area contributed by atoms with E-state index in [0.717, 1.165) is 42.1 Å². The highest BCUT2D eigenvalue weighted by Gasteiger charge is 2.30. The van der Waals surface area contributed by atoms with Gasteiger partial charge in [0.25, 0.3) is 5.91 Å². The maximum absolute atomic E-state index is 13.0. The number of fused-ring (bicyclic) bond motifs is 2. The predicted molar refractivity (Wildman–Crippen MR) is 140 cm³/mol. The lowest BCUT2D eigenvalue weighted by atomic mass is 10.2. The fraction of sp³-hybridized carbons (Fsp3) is 0.360. The second-order valence-electron chi connectivity index (χ2n) is 9.21. The number of nitrogens with one attached hydrogen (secondary N) is 2. The molecule has 1 aliphatic heterocycles. The van der Waals surface area contributed by atoms with Gasteiger partial charge in [0.05, 0.1) is 26.8 Å². The molecule has 13 heteroatoms. The zero-order valence-corrected chi connectivity index (χ0v) is 21.6. The van der Waals surface area contributed by atoms with Crippen LogP contribution in [0.2, 0.25) is 0 Å². The molecule has 0 unspecified atom stereocenters. The first-order chi connectivity index (χ1) is 18.1. The van der Waals surface area contributed by atoms with Crippen LogP contribution in [-0.2, 0) is 18.0 Å². The number of imidazole rings is 1. The third kappa shape index (κ3) is 5.43. The van der Waals surface area contributed by atoms with Crippen molar-refractivity contribution >= 4 is 55.5 Å². The molecule has 9 nitrogen and oxygen atoms in total. The van der Waals surface area contributed by atoms with Crippen LogP contribution >= 0.6 is 11.3 Å². The van der Waals surface area contributed by atoms with Gasteiger partial charge in [0, 0.05) is 51.8 Å². The van der Waals surface area contributed by atoms with Crippen molar-refractivity contribution in [1.82, 2.24) is 29.7 Å². The van der Waals surface area contributed by atoms with Gasteiger partial charge in [-0.25, -0.2) is 9.97 Å². The van der Waals surface area contributed by atoms with Gasteiger partial charge in [0.2, 0.25) is 11.9 Å². The molecule has 2 aromatic heterocycles. The molecule has 1 aliphatic rings. The Morgan fingerprint density at radius 2 is 1.76 bits per heavy atom. The van der Waals surface area contributed by atoms with E-state index in [0.29, 0.717) is 45.5 Å². The number of rotatable bonds is 6. The maximum atomic E-state index is 13.0. The smallest absolute Gasteiger partial charge is 0.352 e. The average Bonchev–Trinajstić information content (AvgIpc) is 3.43. The molecule has 5 rings (SSSR count). The molecule has 1 fully saturated rings. The topological polar surface area (TPSA) is 95.4 Å². The monoisotopic (exact) mass is 545 g/mol. The number of hydrogen-bond acceptors (Lipinski definition) is 7. The van der Waals surface area contributed by atoms with Crippen LogP contribution in [0, 0.1) is 0 Å². The van der Waals surface area contributed by atoms with Crippen LogP contribution < -0.4 is 10.6 Å². The highest BCUT2D eigenvalue weighted by Crippen LogP contribution is 2.35. The Bertz CT molecular complexity index is 1510. The normalized spacial score (nSPS) is 14.8. The summed E-state index contributed by atoms with van der Waals surface area (Å²) >= 11 is 1.10. The molecule has 2 N–H and O–H groups in total. The molecule has 3 heterocycles. The average molecular weight is 546 g/mol. The van der Waals surface area contributed by atoms with E-state index in [1.807, 2.05) is 11.9 Å². The van der Waals surface area contributed by atoms with Crippen molar-refractivity contribution in [2.24, 2.45) is 7.05 Å². The summed E-state index contributed by atoms with van der Waals surface area (Å²) in [5, 5.41) is 6.27. The van der Waals surface area contributed by atoms with E-state index in [9.17, 15) is 22.8 Å². The van der Waals surface area contributed by atoms with Crippen molar-refractivity contribution in [3.05, 3.63) is 47.5 Å². The quantitative estimate of drug-likeness (QED) is 0.382. The third-order valence-corrected chi connectivity index (χ3v) is 7.49. The van der Waals surface area contributed by atoms with Crippen molar-refractivity contribution in [2.45, 2.75) is 12.6 Å². The highest BCUT2D eigenvalue weighted by atomic mass is 32.1. The molecule has 0 radical (unpaired) electrons. The summed E-state index contributed by atoms with van der Waals surface area (Å²) in [6.07, 6.45) is -4.19. The number of alkyl halides is 3. The third-order valence-electron chi connectivity index (χ3n) is 6.56. The Labute approximate surface area is 220 Å². The number of aryl methyl sites for hydroxylation is 1. The van der Waals surface area contributed by atoms with Gasteiger partial charge in [-0.2, -0.15) is 13.2 Å². The Morgan fingerprint density at radius 3 is 2.50 bits per heavy atom. The molecule has 1 saturated heterocycles. The summed E-state index contributed by atoms with van der Waals surface area (Å²) in [4.78, 5) is 38.0. The number of carbonyl (C=O) groups excluding carboxylic acids is 2. The fourth-order valence-electron chi connectivity index (χ4n) is 4.30. The van der Waals surface area contributed by atoms with E-state index in [1.165, 1.54) is 6.07 Å². The first-order valence-electron chi connectivity index (χ1n) is 12.0. The van der Waals surface area contributed by atoms with Crippen molar-refractivity contribution < 1.29 is 22.8 Å². The molecule has 0 bridgehead atoms. The van der Waals surface area contributed by atoms with Crippen molar-refractivity contribution in [2.75, 3.05) is 45.1 Å². The number of likely N-dealkylation sites (N-methyl/N-ethyl adjacent to an activating group) is 1. The summed E-state index contributed by atoms with van der Waals surface area (Å²) in [7, 11) is 3.81. The standard InChI is InChI=1S/C25H26F3N7O2S/c1-33-9-11-35(12-10-33)21(36)7-8-29-22(37)15-3-6-19-18(13-15)30-23(34(19)2)32-24-31-17-5-4-16(25(26,27)28)14-20(17)38-24/h3-6,13-14H,7-12H2,1-2H3,(H,29,37)(H,30,31,32). The van der Waals surface area contributed by atoms with Crippen LogP contribution in [0.25, 0.3) is 21.3 Å². The lowest BCUT2D eigenvalue weighted by molar-refractivity contribution is -0.137. The molecule has 0 aliphatic carbocycles. The number of thiazole rings is 1. The fourth-order valence-corrected chi connectivity index (χ4v) is 5.20. The number of nitrogens with zero attached hydrogens (tertiary/aromatic N) is 5. The molecule has 38 heavy (non-hydrogen) atoms. The van der Waals surface area contributed by atoms with Crippen LogP contribution in [0.15, 0.2) is 36.4 Å². The number of aromatic nitrogens is 3. The lowest BCUT2D eigenvalue weighted by Gasteiger charge is -2.32. The molecule has 2 amide bonds. The summed E-state index contributed by atoms with van der Waals surface area (Å²) in [5.74, 6) is 0.161. The van der Waals surface area contributed by atoms with E-state index in [2.05, 4.69) is 25.5 Å². The molecule has 0 atom stereocenters. The van der Waals surface area contributed by atoms with Gasteiger partial charge in [-0.15, -0.1) is 0 Å². The summed E-state index contributed by atoms with van der Waals surface area (Å²) in [5.41, 5.74) is 1.46. The van der Waals surface area contributed by atoms with Crippen LogP contribution in [-0.4, -0.2) is 75.9 Å². The van der Waals surface area contributed by atoms with Crippen LogP contribution in [0.4, 0.5) is 24.3 Å². The van der Waals surface area contributed by atoms with Gasteiger partial charge in [0.1, 0.15) is 0 Å². The molecule has 2 aromatic carbocycles. The number of hydrogen-bond donors (Lipinski definition) is 2. The van der Waals surface area contributed by atoms with Crippen molar-refractivity contribution in [3.63, 3.8) is 0 Å². The molecule has 0 saturated carbocycles. The van der Waals surface area contributed by atoms with E-state index in [-0.39, 0.29) is 24.8 Å². The minimum atomic E-state index is -4.42. The summed E-state index contributed by atoms with van der Waals surface area (Å²) in [6, 6.07) is 8.55. The van der Waals surface area contributed by atoms with Crippen LogP contribution in [0.1, 0.15) is 22.3 Å².